The number of hydrogen-bond donors (Lipinski definition) is 1. The van der Waals surface area contributed by atoms with E-state index >= 15 is 0 Å². The molecule has 0 aromatic heterocycles. The molecule has 4 rings (SSSR count). The zero-order valence-electron chi connectivity index (χ0n) is 12.5. The summed E-state index contributed by atoms with van der Waals surface area (Å²) in [6.45, 7) is 0. The predicted octanol–water partition coefficient (Wildman–Crippen LogP) is 5.32. The minimum Gasteiger partial charge on any atom is -0.353 e. The number of carbonyl (C=O) groups excluding carboxylic acids is 1. The van der Waals surface area contributed by atoms with Gasteiger partial charge in [-0.15, -0.1) is 0 Å². The van der Waals surface area contributed by atoms with Crippen LogP contribution in [0.3, 0.4) is 0 Å². The van der Waals surface area contributed by atoms with Crippen molar-refractivity contribution in [1.82, 2.24) is 0 Å². The Morgan fingerprint density at radius 3 is 2.43 bits per heavy atom. The average Bonchev–Trinajstić information content (AvgIpc) is 2.61. The van der Waals surface area contributed by atoms with Crippen molar-refractivity contribution in [1.29, 1.82) is 0 Å². The smallest absolute Gasteiger partial charge is 0.167 e. The van der Waals surface area contributed by atoms with Crippen LogP contribution in [0.1, 0.15) is 15.9 Å². The molecular weight excluding hydrogens is 302 g/mol. The number of ketones is 1. The topological polar surface area (TPSA) is 29.1 Å². The molecular formula is C20H15NOS. The molecule has 0 fully saturated rings. The minimum absolute atomic E-state index is 0.143. The molecule has 1 heterocycles. The number of carbonyl (C=O) groups is 1. The van der Waals surface area contributed by atoms with Crippen LogP contribution in [0.2, 0.25) is 0 Å². The molecule has 0 unspecified atom stereocenters. The van der Waals surface area contributed by atoms with Crippen molar-refractivity contribution in [3.63, 3.8) is 0 Å². The van der Waals surface area contributed by atoms with Gasteiger partial charge in [0.05, 0.1) is 11.4 Å². The third-order valence-corrected chi connectivity index (χ3v) is 5.06. The van der Waals surface area contributed by atoms with Gasteiger partial charge in [-0.05, 0) is 23.8 Å². The highest BCUT2D eigenvalue weighted by atomic mass is 32.2. The van der Waals surface area contributed by atoms with E-state index in [1.165, 1.54) is 9.79 Å². The number of para-hydroxylation sites is 2. The monoisotopic (exact) mass is 317 g/mol. The first-order chi connectivity index (χ1) is 11.3. The third kappa shape index (κ3) is 2.76. The van der Waals surface area contributed by atoms with Gasteiger partial charge >= 0.3 is 0 Å². The van der Waals surface area contributed by atoms with Gasteiger partial charge in [0.15, 0.2) is 5.78 Å². The second-order valence-electron chi connectivity index (χ2n) is 5.48. The zero-order chi connectivity index (χ0) is 15.6. The summed E-state index contributed by atoms with van der Waals surface area (Å²) in [4.78, 5) is 14.9. The van der Waals surface area contributed by atoms with E-state index in [-0.39, 0.29) is 5.78 Å². The van der Waals surface area contributed by atoms with Gasteiger partial charge in [-0.2, -0.15) is 0 Å². The zero-order valence-corrected chi connectivity index (χ0v) is 13.3. The normalized spacial score (nSPS) is 12.0. The van der Waals surface area contributed by atoms with E-state index in [1.54, 1.807) is 11.8 Å². The maximum absolute atomic E-state index is 12.5. The Kier molecular flexibility index (Phi) is 3.64. The van der Waals surface area contributed by atoms with Crippen LogP contribution in [0, 0.1) is 0 Å². The van der Waals surface area contributed by atoms with Crippen molar-refractivity contribution in [3.8, 4) is 0 Å². The van der Waals surface area contributed by atoms with Crippen molar-refractivity contribution in [2.24, 2.45) is 0 Å². The van der Waals surface area contributed by atoms with Gasteiger partial charge in [0.2, 0.25) is 0 Å². The van der Waals surface area contributed by atoms with Gasteiger partial charge in [-0.3, -0.25) is 4.79 Å². The molecule has 1 aliphatic rings. The van der Waals surface area contributed by atoms with Crippen LogP contribution in [-0.4, -0.2) is 5.78 Å². The Morgan fingerprint density at radius 1 is 0.826 bits per heavy atom. The fourth-order valence-corrected chi connectivity index (χ4v) is 3.81. The number of rotatable bonds is 3. The summed E-state index contributed by atoms with van der Waals surface area (Å²) in [5, 5.41) is 3.49. The van der Waals surface area contributed by atoms with Gasteiger partial charge in [-0.1, -0.05) is 66.4 Å². The summed E-state index contributed by atoms with van der Waals surface area (Å²) in [6, 6.07) is 23.9. The number of nitrogens with one attached hydrogen (secondary N) is 1. The number of fused-ring (bicyclic) bond motifs is 2. The molecule has 0 bridgehead atoms. The van der Waals surface area contributed by atoms with Crippen molar-refractivity contribution in [3.05, 3.63) is 83.9 Å². The molecule has 2 nitrogen and oxygen atoms in total. The number of Topliss-reactive ketones (excluding diaryl/α,β-unsaturated/α-hetero) is 1. The lowest BCUT2D eigenvalue weighted by Gasteiger charge is -2.23. The Balaban J connectivity index is 1.66. The van der Waals surface area contributed by atoms with Crippen LogP contribution in [-0.2, 0) is 6.42 Å². The van der Waals surface area contributed by atoms with E-state index in [0.717, 1.165) is 22.5 Å². The molecule has 23 heavy (non-hydrogen) atoms. The van der Waals surface area contributed by atoms with Gasteiger partial charge in [0, 0.05) is 21.8 Å². The van der Waals surface area contributed by atoms with E-state index in [0.29, 0.717) is 6.42 Å². The number of benzene rings is 3. The van der Waals surface area contributed by atoms with E-state index in [2.05, 4.69) is 23.5 Å². The largest absolute Gasteiger partial charge is 0.353 e. The molecule has 3 aromatic rings. The predicted molar refractivity (Wildman–Crippen MR) is 94.8 cm³/mol. The fraction of sp³-hybridized carbons (Fsp3) is 0.0500. The first-order valence-electron chi connectivity index (χ1n) is 7.55. The first kappa shape index (κ1) is 14.1. The number of anilines is 2. The highest BCUT2D eigenvalue weighted by Gasteiger charge is 2.19. The molecule has 3 aromatic carbocycles. The Bertz CT molecular complexity index is 874. The lowest BCUT2D eigenvalue weighted by Crippen LogP contribution is -2.08. The Hall–Kier alpha value is -2.52. The van der Waals surface area contributed by atoms with Gasteiger partial charge in [0.25, 0.3) is 0 Å². The SMILES string of the molecule is O=C(Cc1cccc2c1Nc1ccccc1S2)c1ccccc1. The van der Waals surface area contributed by atoms with Crippen LogP contribution < -0.4 is 5.32 Å². The van der Waals surface area contributed by atoms with Crippen LogP contribution in [0.5, 0.6) is 0 Å². The van der Waals surface area contributed by atoms with Gasteiger partial charge < -0.3 is 5.32 Å². The van der Waals surface area contributed by atoms with Crippen molar-refractivity contribution < 1.29 is 4.79 Å². The van der Waals surface area contributed by atoms with E-state index in [1.807, 2.05) is 54.6 Å². The van der Waals surface area contributed by atoms with Crippen LogP contribution >= 0.6 is 11.8 Å². The molecule has 0 atom stereocenters. The van der Waals surface area contributed by atoms with Crippen LogP contribution in [0.25, 0.3) is 0 Å². The lowest BCUT2D eigenvalue weighted by atomic mass is 10.0. The fourth-order valence-electron chi connectivity index (χ4n) is 2.76. The molecule has 0 saturated heterocycles. The molecule has 0 spiro atoms. The van der Waals surface area contributed by atoms with Crippen LogP contribution in [0.4, 0.5) is 11.4 Å². The van der Waals surface area contributed by atoms with Gasteiger partial charge in [-0.25, -0.2) is 0 Å². The van der Waals surface area contributed by atoms with E-state index in [9.17, 15) is 4.79 Å². The average molecular weight is 317 g/mol. The highest BCUT2D eigenvalue weighted by Crippen LogP contribution is 2.45. The summed E-state index contributed by atoms with van der Waals surface area (Å²) in [5.41, 5.74) is 3.96. The van der Waals surface area contributed by atoms with E-state index in [4.69, 9.17) is 0 Å². The highest BCUT2D eigenvalue weighted by molar-refractivity contribution is 7.99. The minimum atomic E-state index is 0.143. The van der Waals surface area contributed by atoms with Gasteiger partial charge in [0.1, 0.15) is 0 Å². The van der Waals surface area contributed by atoms with E-state index < -0.39 is 0 Å². The lowest BCUT2D eigenvalue weighted by molar-refractivity contribution is 0.0993. The summed E-state index contributed by atoms with van der Waals surface area (Å²) in [7, 11) is 0. The molecule has 3 heteroatoms. The maximum atomic E-state index is 12.5. The Morgan fingerprint density at radius 2 is 1.57 bits per heavy atom. The molecule has 1 N–H and O–H groups in total. The standard InChI is InChI=1S/C20H15NOS/c22-17(14-7-2-1-3-8-14)13-15-9-6-12-19-20(15)21-16-10-4-5-11-18(16)23-19/h1-12,21H,13H2. The molecule has 0 radical (unpaired) electrons. The second kappa shape index (κ2) is 5.94. The molecule has 0 amide bonds. The molecule has 0 saturated carbocycles. The van der Waals surface area contributed by atoms with Crippen molar-refractivity contribution in [2.75, 3.05) is 5.32 Å². The quantitative estimate of drug-likeness (QED) is 0.518. The first-order valence-corrected chi connectivity index (χ1v) is 8.37. The molecule has 1 aliphatic heterocycles. The maximum Gasteiger partial charge on any atom is 0.167 e. The van der Waals surface area contributed by atoms with Crippen molar-refractivity contribution in [2.45, 2.75) is 16.2 Å². The van der Waals surface area contributed by atoms with Crippen molar-refractivity contribution >= 4 is 28.9 Å². The second-order valence-corrected chi connectivity index (χ2v) is 6.56. The summed E-state index contributed by atoms with van der Waals surface area (Å²) in [6.07, 6.45) is 0.406. The Labute approximate surface area is 139 Å². The third-order valence-electron chi connectivity index (χ3n) is 3.93. The van der Waals surface area contributed by atoms with Crippen LogP contribution in [0.15, 0.2) is 82.6 Å². The molecule has 112 valence electrons. The summed E-state index contributed by atoms with van der Waals surface area (Å²) >= 11 is 1.75. The summed E-state index contributed by atoms with van der Waals surface area (Å²) < 4.78 is 0. The molecule has 0 aliphatic carbocycles. The summed E-state index contributed by atoms with van der Waals surface area (Å²) in [5.74, 6) is 0.143. The number of hydrogen-bond acceptors (Lipinski definition) is 3.